The molecule has 0 atom stereocenters. The summed E-state index contributed by atoms with van der Waals surface area (Å²) in [7, 11) is 1.79. The summed E-state index contributed by atoms with van der Waals surface area (Å²) < 4.78 is 31.0. The summed E-state index contributed by atoms with van der Waals surface area (Å²) in [6.45, 7) is 3.19. The molecule has 0 unspecified atom stereocenters. The smallest absolute Gasteiger partial charge is 0.334 e. The number of rotatable bonds is 7. The maximum Gasteiger partial charge on any atom is 0.334 e. The number of anilines is 4. The van der Waals surface area contributed by atoms with E-state index in [1.807, 2.05) is 6.07 Å². The number of carbonyl (C=O) groups is 1. The van der Waals surface area contributed by atoms with Gasteiger partial charge in [0, 0.05) is 47.7 Å². The first kappa shape index (κ1) is 23.5. The van der Waals surface area contributed by atoms with Crippen molar-refractivity contribution in [2.24, 2.45) is 0 Å². The molecule has 3 aromatic rings. The molecule has 5 rings (SSSR count). The molecule has 182 valence electrons. The largest absolute Gasteiger partial charge is 0.384 e. The summed E-state index contributed by atoms with van der Waals surface area (Å²) in [5.41, 5.74) is 2.62. The molecular formula is C26H26ClF2N5O. The lowest BCUT2D eigenvalue weighted by Crippen LogP contribution is -2.41. The van der Waals surface area contributed by atoms with Gasteiger partial charge in [0.25, 0.3) is 0 Å². The maximum absolute atomic E-state index is 15.5. The van der Waals surface area contributed by atoms with Crippen LogP contribution in [0.2, 0.25) is 5.02 Å². The van der Waals surface area contributed by atoms with Crippen molar-refractivity contribution in [3.8, 4) is 11.1 Å². The molecular weight excluding hydrogens is 472 g/mol. The van der Waals surface area contributed by atoms with Crippen LogP contribution in [0.15, 0.2) is 42.6 Å². The van der Waals surface area contributed by atoms with Gasteiger partial charge in [0.2, 0.25) is 0 Å². The number of amides is 2. The van der Waals surface area contributed by atoms with Gasteiger partial charge in [0.1, 0.15) is 11.5 Å². The van der Waals surface area contributed by atoms with Gasteiger partial charge in [-0.2, -0.15) is 0 Å². The Labute approximate surface area is 207 Å². The number of carbonyl (C=O) groups excluding carboxylic acids is 1. The molecule has 0 bridgehead atoms. The molecule has 1 aromatic heterocycles. The number of halogens is 3. The molecule has 9 heteroatoms. The number of pyridine rings is 1. The van der Waals surface area contributed by atoms with E-state index in [0.717, 1.165) is 28.9 Å². The van der Waals surface area contributed by atoms with Crippen LogP contribution in [0.1, 0.15) is 31.2 Å². The fourth-order valence-electron chi connectivity index (χ4n) is 4.47. The maximum atomic E-state index is 15.5. The van der Waals surface area contributed by atoms with Gasteiger partial charge in [-0.3, -0.25) is 9.80 Å². The molecule has 1 fully saturated rings. The number of nitrogens with one attached hydrogen (secondary N) is 2. The molecule has 1 aliphatic heterocycles. The summed E-state index contributed by atoms with van der Waals surface area (Å²) >= 11 is 6.32. The van der Waals surface area contributed by atoms with E-state index < -0.39 is 23.4 Å². The molecule has 2 N–H and O–H groups in total. The molecule has 0 radical (unpaired) electrons. The molecule has 2 aliphatic rings. The van der Waals surface area contributed by atoms with Crippen molar-refractivity contribution in [3.63, 3.8) is 0 Å². The quantitative estimate of drug-likeness (QED) is 0.377. The predicted octanol–water partition coefficient (Wildman–Crippen LogP) is 6.29. The van der Waals surface area contributed by atoms with Gasteiger partial charge in [-0.15, -0.1) is 0 Å². The third kappa shape index (κ3) is 4.32. The number of hydrogen-bond donors (Lipinski definition) is 2. The van der Waals surface area contributed by atoms with E-state index in [1.54, 1.807) is 38.4 Å². The Morgan fingerprint density at radius 3 is 2.49 bits per heavy atom. The molecule has 0 spiro atoms. The van der Waals surface area contributed by atoms with Crippen LogP contribution in [0.3, 0.4) is 0 Å². The summed E-state index contributed by atoms with van der Waals surface area (Å²) in [6, 6.07) is 8.88. The zero-order valence-corrected chi connectivity index (χ0v) is 20.3. The highest BCUT2D eigenvalue weighted by atomic mass is 35.5. The fourth-order valence-corrected chi connectivity index (χ4v) is 4.64. The number of fused-ring (bicyclic) bond motifs is 3. The van der Waals surface area contributed by atoms with Gasteiger partial charge in [-0.1, -0.05) is 17.7 Å². The molecule has 2 amide bonds. The van der Waals surface area contributed by atoms with Crippen LogP contribution in [-0.2, 0) is 0 Å². The number of benzene rings is 2. The first-order valence-electron chi connectivity index (χ1n) is 11.7. The summed E-state index contributed by atoms with van der Waals surface area (Å²) in [5.74, 6) is -0.805. The summed E-state index contributed by atoms with van der Waals surface area (Å²) in [4.78, 5) is 21.0. The van der Waals surface area contributed by atoms with E-state index in [1.165, 1.54) is 17.0 Å². The Bertz CT molecular complexity index is 1270. The van der Waals surface area contributed by atoms with E-state index >= 15 is 8.78 Å². The van der Waals surface area contributed by atoms with E-state index in [4.69, 9.17) is 11.6 Å². The second-order valence-corrected chi connectivity index (χ2v) is 9.19. The van der Waals surface area contributed by atoms with Crippen molar-refractivity contribution in [2.45, 2.75) is 25.7 Å². The highest BCUT2D eigenvalue weighted by Crippen LogP contribution is 2.48. The fraction of sp³-hybridized carbons (Fsp3) is 0.308. The SMILES string of the molecule is CCN1C(=O)N(c2c(F)cc(NCCNC)cc2F)c2cc(Cl)ccc2-c2cc(C3CC3)cnc21. The lowest BCUT2D eigenvalue weighted by molar-refractivity contribution is 0.253. The normalized spacial score (nSPS) is 15.1. The van der Waals surface area contributed by atoms with Crippen molar-refractivity contribution in [1.29, 1.82) is 0 Å². The Kier molecular flexibility index (Phi) is 6.34. The van der Waals surface area contributed by atoms with Crippen LogP contribution in [0.4, 0.5) is 36.5 Å². The van der Waals surface area contributed by atoms with Gasteiger partial charge in [-0.05, 0) is 68.6 Å². The van der Waals surface area contributed by atoms with Crippen molar-refractivity contribution >= 4 is 40.5 Å². The number of nitrogens with zero attached hydrogens (tertiary/aromatic N) is 3. The van der Waals surface area contributed by atoms with Crippen LogP contribution in [0.25, 0.3) is 11.1 Å². The zero-order chi connectivity index (χ0) is 24.7. The highest BCUT2D eigenvalue weighted by Gasteiger charge is 2.37. The van der Waals surface area contributed by atoms with E-state index in [0.29, 0.717) is 46.8 Å². The minimum Gasteiger partial charge on any atom is -0.384 e. The third-order valence-electron chi connectivity index (χ3n) is 6.37. The number of urea groups is 1. The standard InChI is InChI=1S/C26H26ClF2N5O/c1-3-33-25-20(10-16(14-32-25)15-4-5-15)19-7-6-17(27)11-23(19)34(26(33)35)24-21(28)12-18(13-22(24)29)31-9-8-30-2/h6-7,10-15,30-31H,3-5,8-9H2,1-2H3. The van der Waals surface area contributed by atoms with Gasteiger partial charge in [-0.25, -0.2) is 18.6 Å². The monoisotopic (exact) mass is 497 g/mol. The molecule has 2 heterocycles. The number of hydrogen-bond acceptors (Lipinski definition) is 4. The molecule has 35 heavy (non-hydrogen) atoms. The molecule has 2 aromatic carbocycles. The second-order valence-electron chi connectivity index (χ2n) is 8.76. The molecule has 0 saturated heterocycles. The summed E-state index contributed by atoms with van der Waals surface area (Å²) in [5, 5.41) is 6.30. The second kappa shape index (κ2) is 9.43. The van der Waals surface area contributed by atoms with Crippen molar-refractivity contribution in [3.05, 3.63) is 64.8 Å². The van der Waals surface area contributed by atoms with Crippen LogP contribution < -0.4 is 20.4 Å². The van der Waals surface area contributed by atoms with Crippen molar-refractivity contribution in [1.82, 2.24) is 10.3 Å². The first-order valence-corrected chi connectivity index (χ1v) is 12.1. The van der Waals surface area contributed by atoms with Gasteiger partial charge < -0.3 is 10.6 Å². The summed E-state index contributed by atoms with van der Waals surface area (Å²) in [6.07, 6.45) is 3.99. The first-order chi connectivity index (χ1) is 16.9. The van der Waals surface area contributed by atoms with Gasteiger partial charge in [0.15, 0.2) is 11.6 Å². The number of likely N-dealkylation sites (N-methyl/N-ethyl adjacent to an activating group) is 1. The van der Waals surface area contributed by atoms with E-state index in [9.17, 15) is 4.79 Å². The molecule has 1 saturated carbocycles. The Hall–Kier alpha value is -3.23. The van der Waals surface area contributed by atoms with E-state index in [2.05, 4.69) is 15.6 Å². The lowest BCUT2D eigenvalue weighted by Gasteiger charge is -2.28. The van der Waals surface area contributed by atoms with Crippen LogP contribution in [0, 0.1) is 11.6 Å². The average Bonchev–Trinajstić information content (AvgIpc) is 3.68. The van der Waals surface area contributed by atoms with E-state index in [-0.39, 0.29) is 6.54 Å². The van der Waals surface area contributed by atoms with Crippen LogP contribution >= 0.6 is 11.6 Å². The van der Waals surface area contributed by atoms with Crippen molar-refractivity contribution in [2.75, 3.05) is 41.8 Å². The minimum absolute atomic E-state index is 0.271. The third-order valence-corrected chi connectivity index (χ3v) is 6.60. The predicted molar refractivity (Wildman–Crippen MR) is 136 cm³/mol. The lowest BCUT2D eigenvalue weighted by atomic mass is 10.0. The van der Waals surface area contributed by atoms with Crippen LogP contribution in [-0.4, -0.2) is 37.7 Å². The Balaban J connectivity index is 1.69. The van der Waals surface area contributed by atoms with Gasteiger partial charge >= 0.3 is 6.03 Å². The Morgan fingerprint density at radius 2 is 1.83 bits per heavy atom. The van der Waals surface area contributed by atoms with Crippen LogP contribution in [0.5, 0.6) is 0 Å². The molecule has 1 aliphatic carbocycles. The van der Waals surface area contributed by atoms with Crippen molar-refractivity contribution < 1.29 is 13.6 Å². The minimum atomic E-state index is -0.857. The number of aromatic nitrogens is 1. The molecule has 6 nitrogen and oxygen atoms in total. The highest BCUT2D eigenvalue weighted by molar-refractivity contribution is 6.31. The zero-order valence-electron chi connectivity index (χ0n) is 19.5. The topological polar surface area (TPSA) is 60.5 Å². The van der Waals surface area contributed by atoms with Gasteiger partial charge in [0.05, 0.1) is 5.69 Å². The average molecular weight is 498 g/mol. The Morgan fingerprint density at radius 1 is 1.09 bits per heavy atom.